The summed E-state index contributed by atoms with van der Waals surface area (Å²) in [5.41, 5.74) is 5.50. The first kappa shape index (κ1) is 15.4. The summed E-state index contributed by atoms with van der Waals surface area (Å²) in [5.74, 6) is 0.0371. The molecule has 1 amide bonds. The average Bonchev–Trinajstić information content (AvgIpc) is 2.35. The van der Waals surface area contributed by atoms with Gasteiger partial charge >= 0.3 is 0 Å². The number of nitrogens with two attached hydrogens (primary N) is 1. The van der Waals surface area contributed by atoms with Gasteiger partial charge in [0.2, 0.25) is 5.91 Å². The molecule has 1 fully saturated rings. The highest BCUT2D eigenvalue weighted by Crippen LogP contribution is 2.31. The standard InChI is InChI=1S/C14H28N2O2/c1-3-9-18-14(7-5-4-6-8-14)11-16-13(17)10-12(2)15/h12H,3-11,15H2,1-2H3,(H,16,17). The van der Waals surface area contributed by atoms with Crippen molar-refractivity contribution in [2.75, 3.05) is 13.2 Å². The number of hydrogen-bond acceptors (Lipinski definition) is 3. The molecule has 1 aliphatic carbocycles. The van der Waals surface area contributed by atoms with Gasteiger partial charge in [-0.15, -0.1) is 0 Å². The lowest BCUT2D eigenvalue weighted by atomic mass is 9.84. The van der Waals surface area contributed by atoms with E-state index in [1.54, 1.807) is 0 Å². The minimum absolute atomic E-state index is 0.0371. The molecule has 1 rings (SSSR count). The van der Waals surface area contributed by atoms with E-state index in [4.69, 9.17) is 10.5 Å². The molecule has 0 bridgehead atoms. The highest BCUT2D eigenvalue weighted by molar-refractivity contribution is 5.76. The molecule has 0 aliphatic heterocycles. The van der Waals surface area contributed by atoms with Crippen molar-refractivity contribution in [2.45, 2.75) is 70.4 Å². The van der Waals surface area contributed by atoms with Crippen molar-refractivity contribution in [3.8, 4) is 0 Å². The normalized spacial score (nSPS) is 20.4. The van der Waals surface area contributed by atoms with Crippen LogP contribution in [0.3, 0.4) is 0 Å². The molecule has 4 heteroatoms. The topological polar surface area (TPSA) is 64.3 Å². The van der Waals surface area contributed by atoms with E-state index in [1.807, 2.05) is 6.92 Å². The van der Waals surface area contributed by atoms with Gasteiger partial charge in [0, 0.05) is 25.6 Å². The van der Waals surface area contributed by atoms with E-state index in [1.165, 1.54) is 19.3 Å². The molecule has 0 aromatic carbocycles. The zero-order valence-corrected chi connectivity index (χ0v) is 11.8. The van der Waals surface area contributed by atoms with Crippen molar-refractivity contribution in [1.82, 2.24) is 5.32 Å². The third-order valence-corrected chi connectivity index (χ3v) is 3.49. The molecule has 1 unspecified atom stereocenters. The van der Waals surface area contributed by atoms with Crippen LogP contribution in [0.4, 0.5) is 0 Å². The van der Waals surface area contributed by atoms with E-state index < -0.39 is 0 Å². The average molecular weight is 256 g/mol. The van der Waals surface area contributed by atoms with Gasteiger partial charge in [-0.05, 0) is 26.2 Å². The van der Waals surface area contributed by atoms with Gasteiger partial charge in [-0.2, -0.15) is 0 Å². The maximum Gasteiger partial charge on any atom is 0.221 e. The maximum atomic E-state index is 11.7. The van der Waals surface area contributed by atoms with Crippen molar-refractivity contribution < 1.29 is 9.53 Å². The number of amides is 1. The van der Waals surface area contributed by atoms with Crippen LogP contribution in [0.1, 0.15) is 58.8 Å². The predicted molar refractivity (Wildman–Crippen MR) is 73.3 cm³/mol. The lowest BCUT2D eigenvalue weighted by Gasteiger charge is -2.37. The predicted octanol–water partition coefficient (Wildman–Crippen LogP) is 1.97. The first-order chi connectivity index (χ1) is 8.58. The van der Waals surface area contributed by atoms with Crippen LogP contribution in [0.2, 0.25) is 0 Å². The molecule has 0 aromatic heterocycles. The van der Waals surface area contributed by atoms with Gasteiger partial charge in [0.05, 0.1) is 5.60 Å². The van der Waals surface area contributed by atoms with Gasteiger partial charge in [-0.1, -0.05) is 26.2 Å². The summed E-state index contributed by atoms with van der Waals surface area (Å²) >= 11 is 0. The van der Waals surface area contributed by atoms with E-state index in [0.717, 1.165) is 25.9 Å². The first-order valence-corrected chi connectivity index (χ1v) is 7.24. The summed E-state index contributed by atoms with van der Waals surface area (Å²) < 4.78 is 6.03. The van der Waals surface area contributed by atoms with Crippen LogP contribution < -0.4 is 11.1 Å². The summed E-state index contributed by atoms with van der Waals surface area (Å²) in [6, 6.07) is -0.0798. The third-order valence-electron chi connectivity index (χ3n) is 3.49. The number of rotatable bonds is 7. The Morgan fingerprint density at radius 3 is 2.61 bits per heavy atom. The highest BCUT2D eigenvalue weighted by Gasteiger charge is 2.33. The van der Waals surface area contributed by atoms with Crippen LogP contribution in [0.25, 0.3) is 0 Å². The molecule has 0 heterocycles. The summed E-state index contributed by atoms with van der Waals surface area (Å²) in [6.45, 7) is 5.39. The van der Waals surface area contributed by atoms with Crippen LogP contribution in [0.15, 0.2) is 0 Å². The maximum absolute atomic E-state index is 11.7. The molecule has 0 radical (unpaired) electrons. The highest BCUT2D eigenvalue weighted by atomic mass is 16.5. The van der Waals surface area contributed by atoms with Crippen LogP contribution in [-0.2, 0) is 9.53 Å². The number of hydrogen-bond donors (Lipinski definition) is 2. The minimum Gasteiger partial charge on any atom is -0.373 e. The first-order valence-electron chi connectivity index (χ1n) is 7.24. The van der Waals surface area contributed by atoms with Crippen molar-refractivity contribution in [3.05, 3.63) is 0 Å². The Balaban J connectivity index is 2.42. The fraction of sp³-hybridized carbons (Fsp3) is 0.929. The van der Waals surface area contributed by atoms with Crippen molar-refractivity contribution in [2.24, 2.45) is 5.73 Å². The van der Waals surface area contributed by atoms with Gasteiger partial charge in [-0.25, -0.2) is 0 Å². The van der Waals surface area contributed by atoms with Crippen molar-refractivity contribution in [1.29, 1.82) is 0 Å². The Labute approximate surface area is 111 Å². The molecule has 0 spiro atoms. The lowest BCUT2D eigenvalue weighted by molar-refractivity contribution is -0.124. The second-order valence-corrected chi connectivity index (χ2v) is 5.55. The zero-order valence-electron chi connectivity index (χ0n) is 11.8. The van der Waals surface area contributed by atoms with Crippen LogP contribution in [0, 0.1) is 0 Å². The number of carbonyl (C=O) groups excluding carboxylic acids is 1. The second-order valence-electron chi connectivity index (χ2n) is 5.55. The summed E-state index contributed by atoms with van der Waals surface area (Å²) in [5, 5.41) is 2.99. The molecule has 0 aromatic rings. The van der Waals surface area contributed by atoms with Crippen LogP contribution in [-0.4, -0.2) is 30.7 Å². The molecule has 1 saturated carbocycles. The lowest BCUT2D eigenvalue weighted by Crippen LogP contribution is -2.47. The molecule has 3 N–H and O–H groups in total. The minimum atomic E-state index is -0.123. The summed E-state index contributed by atoms with van der Waals surface area (Å²) in [6.07, 6.45) is 7.22. The summed E-state index contributed by atoms with van der Waals surface area (Å²) in [7, 11) is 0. The van der Waals surface area contributed by atoms with Gasteiger partial charge < -0.3 is 15.8 Å². The van der Waals surface area contributed by atoms with Gasteiger partial charge in [0.15, 0.2) is 0 Å². The van der Waals surface area contributed by atoms with E-state index in [0.29, 0.717) is 13.0 Å². The Bertz CT molecular complexity index is 248. The van der Waals surface area contributed by atoms with Gasteiger partial charge in [0.1, 0.15) is 0 Å². The molecule has 0 saturated heterocycles. The largest absolute Gasteiger partial charge is 0.373 e. The van der Waals surface area contributed by atoms with Gasteiger partial charge in [-0.3, -0.25) is 4.79 Å². The number of ether oxygens (including phenoxy) is 1. The van der Waals surface area contributed by atoms with Crippen LogP contribution in [0.5, 0.6) is 0 Å². The molecular formula is C14H28N2O2. The molecular weight excluding hydrogens is 228 g/mol. The van der Waals surface area contributed by atoms with E-state index in [2.05, 4.69) is 12.2 Å². The molecule has 1 aliphatic rings. The molecule has 18 heavy (non-hydrogen) atoms. The Kier molecular flexibility index (Phi) is 6.65. The third kappa shape index (κ3) is 5.36. The Hall–Kier alpha value is -0.610. The number of carbonyl (C=O) groups is 1. The second kappa shape index (κ2) is 7.74. The van der Waals surface area contributed by atoms with E-state index in [-0.39, 0.29) is 17.6 Å². The SMILES string of the molecule is CCCOC1(CNC(=O)CC(C)N)CCCCC1. The van der Waals surface area contributed by atoms with Crippen molar-refractivity contribution in [3.63, 3.8) is 0 Å². The molecule has 106 valence electrons. The fourth-order valence-corrected chi connectivity index (χ4v) is 2.51. The smallest absolute Gasteiger partial charge is 0.221 e. The zero-order chi connectivity index (χ0) is 13.4. The monoisotopic (exact) mass is 256 g/mol. The van der Waals surface area contributed by atoms with E-state index >= 15 is 0 Å². The Morgan fingerprint density at radius 1 is 1.39 bits per heavy atom. The van der Waals surface area contributed by atoms with Crippen molar-refractivity contribution >= 4 is 5.91 Å². The summed E-state index contributed by atoms with van der Waals surface area (Å²) in [4.78, 5) is 11.7. The number of nitrogens with one attached hydrogen (secondary N) is 1. The van der Waals surface area contributed by atoms with Gasteiger partial charge in [0.25, 0.3) is 0 Å². The fourth-order valence-electron chi connectivity index (χ4n) is 2.51. The van der Waals surface area contributed by atoms with Crippen LogP contribution >= 0.6 is 0 Å². The molecule has 1 atom stereocenters. The molecule has 4 nitrogen and oxygen atoms in total. The quantitative estimate of drug-likeness (QED) is 0.732. The van der Waals surface area contributed by atoms with E-state index in [9.17, 15) is 4.79 Å². The Morgan fingerprint density at radius 2 is 2.06 bits per heavy atom.